The molecule has 0 bridgehead atoms. The molecule has 5 heteroatoms. The molecule has 43 heavy (non-hydrogen) atoms. The highest BCUT2D eigenvalue weighted by Crippen LogP contribution is 2.46. The number of rotatable bonds is 2. The lowest BCUT2D eigenvalue weighted by Crippen LogP contribution is -2.29. The number of hydrogen-bond acceptors (Lipinski definition) is 0. The number of fused-ring (bicyclic) bond motifs is 7. The van der Waals surface area contributed by atoms with Crippen LogP contribution < -0.4 is 4.57 Å². The van der Waals surface area contributed by atoms with Gasteiger partial charge in [-0.15, -0.1) is 0 Å². The van der Waals surface area contributed by atoms with Crippen molar-refractivity contribution in [1.29, 1.82) is 0 Å². The molecule has 0 saturated heterocycles. The number of hydrogen-bond donors (Lipinski definition) is 0. The molecule has 0 unspecified atom stereocenters. The van der Waals surface area contributed by atoms with E-state index in [1.165, 1.54) is 45.0 Å². The van der Waals surface area contributed by atoms with Crippen molar-refractivity contribution in [3.8, 4) is 0 Å². The second kappa shape index (κ2) is 8.84. The van der Waals surface area contributed by atoms with Gasteiger partial charge in [0.25, 0.3) is 0 Å². The summed E-state index contributed by atoms with van der Waals surface area (Å²) in [5, 5.41) is 7.32. The van der Waals surface area contributed by atoms with Gasteiger partial charge in [0.05, 0.1) is 32.9 Å². The zero-order valence-electron chi connectivity index (χ0n) is 26.2. The Bertz CT molecular complexity index is 2250. The van der Waals surface area contributed by atoms with E-state index in [4.69, 9.17) is 0 Å². The van der Waals surface area contributed by atoms with Crippen molar-refractivity contribution >= 4 is 59.8 Å². The van der Waals surface area contributed by atoms with Gasteiger partial charge in [0.15, 0.2) is 6.20 Å². The summed E-state index contributed by atoms with van der Waals surface area (Å²) in [4.78, 5) is 0. The highest BCUT2D eigenvalue weighted by Gasteiger charge is 2.33. The summed E-state index contributed by atoms with van der Waals surface area (Å²) in [5.41, 5.74) is 7.32. The summed E-state index contributed by atoms with van der Waals surface area (Å²) >= 11 is 0. The minimum Gasteiger partial charge on any atom is -0.307 e. The number of benzene rings is 4. The van der Waals surface area contributed by atoms with Gasteiger partial charge in [-0.2, -0.15) is 13.2 Å². The smallest absolute Gasteiger partial charge is 0.307 e. The molecule has 3 heterocycles. The largest absolute Gasteiger partial charge is 0.416 e. The molecule has 0 amide bonds. The van der Waals surface area contributed by atoms with Crippen LogP contribution in [0.3, 0.4) is 0 Å². The van der Waals surface area contributed by atoms with Gasteiger partial charge in [0, 0.05) is 16.8 Å². The van der Waals surface area contributed by atoms with E-state index in [2.05, 4.69) is 101 Å². The first-order valence-corrected chi connectivity index (χ1v) is 15.1. The van der Waals surface area contributed by atoms with Crippen molar-refractivity contribution in [2.75, 3.05) is 0 Å². The highest BCUT2D eigenvalue weighted by molar-refractivity contribution is 6.29. The van der Waals surface area contributed by atoms with E-state index in [1.807, 2.05) is 6.07 Å². The van der Waals surface area contributed by atoms with Gasteiger partial charge in [0.1, 0.15) is 7.05 Å². The van der Waals surface area contributed by atoms with Gasteiger partial charge in [-0.3, -0.25) is 0 Å². The van der Waals surface area contributed by atoms with Crippen molar-refractivity contribution in [2.24, 2.45) is 17.9 Å². The highest BCUT2D eigenvalue weighted by atomic mass is 19.4. The van der Waals surface area contributed by atoms with Gasteiger partial charge >= 0.3 is 6.18 Å². The van der Waals surface area contributed by atoms with Crippen LogP contribution in [0.1, 0.15) is 63.8 Å². The number of aryl methyl sites for hydroxylation is 2. The average Bonchev–Trinajstić information content (AvgIpc) is 3.23. The molecule has 0 aliphatic rings. The molecule has 4 aromatic carbocycles. The number of nitrogens with zero attached hydrogens (tertiary/aromatic N) is 2. The van der Waals surface area contributed by atoms with Crippen LogP contribution in [0.25, 0.3) is 59.8 Å². The molecular formula is C38H38F3N2+. The molecule has 0 aliphatic heterocycles. The van der Waals surface area contributed by atoms with E-state index < -0.39 is 11.7 Å². The zero-order chi connectivity index (χ0) is 30.8. The van der Waals surface area contributed by atoms with Crippen LogP contribution in [-0.4, -0.2) is 4.40 Å². The first kappa shape index (κ1) is 27.9. The molecule has 0 atom stereocenters. The van der Waals surface area contributed by atoms with E-state index in [-0.39, 0.29) is 10.8 Å². The first-order valence-electron chi connectivity index (χ1n) is 15.1. The maximum absolute atomic E-state index is 14.0. The lowest BCUT2D eigenvalue weighted by Gasteiger charge is -2.25. The number of halogens is 3. The molecule has 0 spiro atoms. The Morgan fingerprint density at radius 1 is 0.698 bits per heavy atom. The Morgan fingerprint density at radius 3 is 2.07 bits per heavy atom. The van der Waals surface area contributed by atoms with Crippen LogP contribution in [0.5, 0.6) is 0 Å². The molecule has 0 aliphatic carbocycles. The van der Waals surface area contributed by atoms with Gasteiger partial charge in [-0.05, 0) is 81.6 Å². The third kappa shape index (κ3) is 4.26. The maximum atomic E-state index is 14.0. The summed E-state index contributed by atoms with van der Waals surface area (Å²) in [6, 6.07) is 17.4. The standard InChI is InChI=1S/C38H38F3N2/c1-21-27-17-22(19-36(2,3)4)9-12-25(27)29(20-37(5,6)7)34-31(21)35-32-23(15-16-42(35)8)10-13-26-28-18-24(38(39,40)41)11-14-30(28)43(34)33(26)32/h9-18H,19-20H2,1-8H3/q+1. The van der Waals surface area contributed by atoms with E-state index in [0.717, 1.165) is 51.1 Å². The molecule has 0 N–H and O–H groups in total. The topological polar surface area (TPSA) is 8.29 Å². The number of pyridine rings is 2. The Morgan fingerprint density at radius 2 is 1.40 bits per heavy atom. The Hall–Kier alpha value is -3.86. The van der Waals surface area contributed by atoms with Crippen LogP contribution in [-0.2, 0) is 26.1 Å². The molecule has 7 rings (SSSR count). The summed E-state index contributed by atoms with van der Waals surface area (Å²) in [6.45, 7) is 15.8. The SMILES string of the molecule is Cc1c2cc(CC(C)(C)C)ccc2c(CC(C)(C)C)c2c1c1c3c(ccc4c5cc(C(F)(F)F)ccc5n2c43)cc[n+]1C. The van der Waals surface area contributed by atoms with E-state index >= 15 is 0 Å². The molecule has 0 radical (unpaired) electrons. The molecule has 0 saturated carbocycles. The summed E-state index contributed by atoms with van der Waals surface area (Å²) in [5.74, 6) is 0. The van der Waals surface area contributed by atoms with E-state index in [1.54, 1.807) is 6.07 Å². The number of alkyl halides is 3. The third-order valence-corrected chi connectivity index (χ3v) is 8.97. The normalized spacial score (nSPS) is 13.7. The molecule has 7 aromatic rings. The lowest BCUT2D eigenvalue weighted by atomic mass is 9.81. The van der Waals surface area contributed by atoms with Crippen molar-refractivity contribution in [1.82, 2.24) is 4.40 Å². The maximum Gasteiger partial charge on any atom is 0.416 e. The predicted octanol–water partition coefficient (Wildman–Crippen LogP) is 10.5. The van der Waals surface area contributed by atoms with Crippen molar-refractivity contribution in [2.45, 2.75) is 67.5 Å². The summed E-state index contributed by atoms with van der Waals surface area (Å²) < 4.78 is 46.4. The Balaban J connectivity index is 1.80. The van der Waals surface area contributed by atoms with E-state index in [9.17, 15) is 13.2 Å². The summed E-state index contributed by atoms with van der Waals surface area (Å²) in [7, 11) is 2.08. The molecule has 2 nitrogen and oxygen atoms in total. The predicted molar refractivity (Wildman–Crippen MR) is 173 cm³/mol. The van der Waals surface area contributed by atoms with Crippen LogP contribution in [0.2, 0.25) is 0 Å². The zero-order valence-corrected chi connectivity index (χ0v) is 26.2. The van der Waals surface area contributed by atoms with Gasteiger partial charge in [-0.25, -0.2) is 4.57 Å². The average molecular weight is 580 g/mol. The molecule has 220 valence electrons. The van der Waals surface area contributed by atoms with Crippen molar-refractivity contribution in [3.05, 3.63) is 83.0 Å². The minimum atomic E-state index is -4.41. The summed E-state index contributed by atoms with van der Waals surface area (Å²) in [6.07, 6.45) is -0.500. The van der Waals surface area contributed by atoms with Crippen molar-refractivity contribution in [3.63, 3.8) is 0 Å². The van der Waals surface area contributed by atoms with E-state index in [0.29, 0.717) is 5.39 Å². The quantitative estimate of drug-likeness (QED) is 0.109. The molecule has 3 aromatic heterocycles. The Kier molecular flexibility index (Phi) is 5.75. The second-order valence-corrected chi connectivity index (χ2v) is 14.9. The van der Waals surface area contributed by atoms with Crippen LogP contribution in [0.15, 0.2) is 60.8 Å². The molecular weight excluding hydrogens is 541 g/mol. The fraction of sp³-hybridized carbons (Fsp3) is 0.342. The van der Waals surface area contributed by atoms with Crippen LogP contribution in [0, 0.1) is 17.8 Å². The fourth-order valence-electron chi connectivity index (χ4n) is 7.39. The third-order valence-electron chi connectivity index (χ3n) is 8.97. The minimum absolute atomic E-state index is 0.0171. The second-order valence-electron chi connectivity index (χ2n) is 14.9. The Labute approximate surface area is 250 Å². The van der Waals surface area contributed by atoms with Crippen LogP contribution >= 0.6 is 0 Å². The monoisotopic (exact) mass is 579 g/mol. The lowest BCUT2D eigenvalue weighted by molar-refractivity contribution is -0.643. The van der Waals surface area contributed by atoms with Gasteiger partial charge in [0.2, 0.25) is 5.52 Å². The van der Waals surface area contributed by atoms with Gasteiger partial charge < -0.3 is 4.40 Å². The van der Waals surface area contributed by atoms with Gasteiger partial charge in [-0.1, -0.05) is 71.9 Å². The van der Waals surface area contributed by atoms with Crippen molar-refractivity contribution < 1.29 is 17.7 Å². The molecule has 0 fully saturated rings. The number of aromatic nitrogens is 2. The first-order chi connectivity index (χ1) is 20.0. The van der Waals surface area contributed by atoms with Crippen LogP contribution in [0.4, 0.5) is 13.2 Å². The fourth-order valence-corrected chi connectivity index (χ4v) is 7.39.